The number of dihydropyridines is 1. The molecular weight excluding hydrogens is 450 g/mol. The monoisotopic (exact) mass is 481 g/mol. The Hall–Kier alpha value is -3.06. The van der Waals surface area contributed by atoms with Crippen LogP contribution in [0.5, 0.6) is 11.5 Å². The summed E-state index contributed by atoms with van der Waals surface area (Å²) in [7, 11) is 3.21. The van der Waals surface area contributed by atoms with Gasteiger partial charge in [-0.3, -0.25) is 4.79 Å². The third-order valence-corrected chi connectivity index (χ3v) is 7.57. The molecule has 0 fully saturated rings. The molecular formula is C27H31NO5S. The predicted molar refractivity (Wildman–Crippen MR) is 132 cm³/mol. The summed E-state index contributed by atoms with van der Waals surface area (Å²) in [5, 5.41) is 5.38. The Morgan fingerprint density at radius 3 is 2.59 bits per heavy atom. The number of rotatable bonds is 7. The molecule has 3 atom stereocenters. The molecule has 0 unspecified atom stereocenters. The number of carbonyl (C=O) groups excluding carboxylic acids is 2. The van der Waals surface area contributed by atoms with Crippen LogP contribution >= 0.6 is 11.3 Å². The number of methoxy groups -OCH3 is 2. The van der Waals surface area contributed by atoms with E-state index in [1.165, 1.54) is 0 Å². The molecule has 34 heavy (non-hydrogen) atoms. The highest BCUT2D eigenvalue weighted by Crippen LogP contribution is 2.47. The molecule has 4 rings (SSSR count). The number of allylic oxidation sites excluding steroid dienone is 3. The number of hydrogen-bond donors (Lipinski definition) is 1. The first-order chi connectivity index (χ1) is 16.4. The Morgan fingerprint density at radius 2 is 1.94 bits per heavy atom. The molecule has 2 heterocycles. The Labute approximate surface area is 204 Å². The summed E-state index contributed by atoms with van der Waals surface area (Å²) in [4.78, 5) is 27.8. The van der Waals surface area contributed by atoms with Gasteiger partial charge in [0.05, 0.1) is 31.8 Å². The Balaban J connectivity index is 1.72. The van der Waals surface area contributed by atoms with Crippen molar-refractivity contribution in [2.75, 3.05) is 14.2 Å². The first-order valence-corrected chi connectivity index (χ1v) is 12.5. The van der Waals surface area contributed by atoms with Crippen molar-refractivity contribution in [3.63, 3.8) is 0 Å². The Morgan fingerprint density at radius 1 is 1.18 bits per heavy atom. The summed E-state index contributed by atoms with van der Waals surface area (Å²) in [6, 6.07) is 9.75. The van der Waals surface area contributed by atoms with Crippen LogP contribution in [0.25, 0.3) is 0 Å². The number of Topliss-reactive ketones (excluding diaryl/α,β-unsaturated/α-hetero) is 1. The van der Waals surface area contributed by atoms with E-state index in [9.17, 15) is 9.59 Å². The van der Waals surface area contributed by atoms with Crippen molar-refractivity contribution >= 4 is 23.1 Å². The third-order valence-electron chi connectivity index (χ3n) is 6.64. The van der Waals surface area contributed by atoms with Crippen LogP contribution in [0.15, 0.2) is 58.3 Å². The SMILES string of the molecule is CC[C@H](C)OC(=O)C1=C(C)NC2=C(C(=O)C[C@@H](c3ccc(OC)c(OC)c3)C2)[C@@H]1c1cccs1. The van der Waals surface area contributed by atoms with Gasteiger partial charge in [0.1, 0.15) is 0 Å². The molecule has 0 saturated heterocycles. The van der Waals surface area contributed by atoms with E-state index in [0.29, 0.717) is 35.5 Å². The zero-order valence-electron chi connectivity index (χ0n) is 20.3. The fourth-order valence-electron chi connectivity index (χ4n) is 4.72. The normalized spacial score (nSPS) is 21.0. The van der Waals surface area contributed by atoms with Crippen molar-refractivity contribution in [3.8, 4) is 11.5 Å². The molecule has 0 amide bonds. The van der Waals surface area contributed by atoms with Gasteiger partial charge in [-0.05, 0) is 61.7 Å². The highest BCUT2D eigenvalue weighted by atomic mass is 32.1. The summed E-state index contributed by atoms with van der Waals surface area (Å²) in [5.74, 6) is 0.583. The summed E-state index contributed by atoms with van der Waals surface area (Å²) in [6.07, 6.45) is 1.58. The summed E-state index contributed by atoms with van der Waals surface area (Å²) < 4.78 is 16.5. The molecule has 2 aromatic rings. The minimum Gasteiger partial charge on any atom is -0.493 e. The molecule has 0 radical (unpaired) electrons. The van der Waals surface area contributed by atoms with Gasteiger partial charge in [0.2, 0.25) is 0 Å². The summed E-state index contributed by atoms with van der Waals surface area (Å²) >= 11 is 1.55. The number of ether oxygens (including phenoxy) is 3. The maximum atomic E-state index is 13.6. The lowest BCUT2D eigenvalue weighted by Crippen LogP contribution is -2.36. The van der Waals surface area contributed by atoms with E-state index in [4.69, 9.17) is 14.2 Å². The lowest BCUT2D eigenvalue weighted by Gasteiger charge is -2.36. The standard InChI is InChI=1S/C27H31NO5S/c1-6-15(2)33-27(30)24-16(3)28-19-12-18(17-9-10-21(31-4)22(14-17)32-5)13-20(29)25(19)26(24)23-8-7-11-34-23/h7-11,14-15,18,26,28H,6,12-13H2,1-5H3/t15-,18-,26+/m0/s1. The zero-order valence-corrected chi connectivity index (χ0v) is 21.1. The predicted octanol–water partition coefficient (Wildman–Crippen LogP) is 5.47. The molecule has 0 saturated carbocycles. The molecule has 2 aliphatic rings. The van der Waals surface area contributed by atoms with Crippen molar-refractivity contribution < 1.29 is 23.8 Å². The average molecular weight is 482 g/mol. The van der Waals surface area contributed by atoms with Gasteiger partial charge in [-0.1, -0.05) is 19.1 Å². The van der Waals surface area contributed by atoms with Gasteiger partial charge in [-0.2, -0.15) is 0 Å². The number of esters is 1. The Bertz CT molecular complexity index is 1150. The third kappa shape index (κ3) is 4.49. The molecule has 180 valence electrons. The number of hydrogen-bond acceptors (Lipinski definition) is 7. The second-order valence-electron chi connectivity index (χ2n) is 8.77. The highest BCUT2D eigenvalue weighted by Gasteiger charge is 2.42. The molecule has 1 aromatic carbocycles. The number of ketones is 1. The van der Waals surface area contributed by atoms with Crippen LogP contribution in [0.4, 0.5) is 0 Å². The van der Waals surface area contributed by atoms with Gasteiger partial charge in [-0.25, -0.2) is 4.79 Å². The molecule has 0 spiro atoms. The summed E-state index contributed by atoms with van der Waals surface area (Å²) in [6.45, 7) is 5.76. The van der Waals surface area contributed by atoms with E-state index in [-0.39, 0.29) is 23.8 Å². The van der Waals surface area contributed by atoms with E-state index in [1.54, 1.807) is 25.6 Å². The lowest BCUT2D eigenvalue weighted by molar-refractivity contribution is -0.143. The van der Waals surface area contributed by atoms with Crippen LogP contribution < -0.4 is 14.8 Å². The second-order valence-corrected chi connectivity index (χ2v) is 9.75. The number of nitrogens with one attached hydrogen (secondary N) is 1. The molecule has 6 nitrogen and oxygen atoms in total. The first kappa shape index (κ1) is 24.1. The van der Waals surface area contributed by atoms with Crippen molar-refractivity contribution in [3.05, 3.63) is 68.7 Å². The van der Waals surface area contributed by atoms with Gasteiger partial charge in [-0.15, -0.1) is 11.3 Å². The van der Waals surface area contributed by atoms with Crippen molar-refractivity contribution in [1.29, 1.82) is 0 Å². The fraction of sp³-hybridized carbons (Fsp3) is 0.407. The average Bonchev–Trinajstić information content (AvgIpc) is 3.37. The van der Waals surface area contributed by atoms with Gasteiger partial charge >= 0.3 is 5.97 Å². The van der Waals surface area contributed by atoms with Gasteiger partial charge in [0.25, 0.3) is 0 Å². The number of carbonyl (C=O) groups is 2. The van der Waals surface area contributed by atoms with Crippen LogP contribution in [-0.4, -0.2) is 32.1 Å². The van der Waals surface area contributed by atoms with Crippen molar-refractivity contribution in [2.45, 2.75) is 58.0 Å². The maximum absolute atomic E-state index is 13.6. The van der Waals surface area contributed by atoms with Crippen LogP contribution in [0, 0.1) is 0 Å². The van der Waals surface area contributed by atoms with Crippen LogP contribution in [0.3, 0.4) is 0 Å². The van der Waals surface area contributed by atoms with E-state index >= 15 is 0 Å². The fourth-order valence-corrected chi connectivity index (χ4v) is 5.56. The maximum Gasteiger partial charge on any atom is 0.337 e. The summed E-state index contributed by atoms with van der Waals surface area (Å²) in [5.41, 5.74) is 3.86. The molecule has 1 N–H and O–H groups in total. The van der Waals surface area contributed by atoms with E-state index in [2.05, 4.69) is 5.32 Å². The highest BCUT2D eigenvalue weighted by molar-refractivity contribution is 7.10. The lowest BCUT2D eigenvalue weighted by atomic mass is 9.73. The van der Waals surface area contributed by atoms with E-state index in [0.717, 1.165) is 28.3 Å². The molecule has 7 heteroatoms. The van der Waals surface area contributed by atoms with E-state index < -0.39 is 5.92 Å². The van der Waals surface area contributed by atoms with Gasteiger partial charge in [0, 0.05) is 28.3 Å². The van der Waals surface area contributed by atoms with Gasteiger partial charge < -0.3 is 19.5 Å². The zero-order chi connectivity index (χ0) is 24.4. The molecule has 1 aliphatic carbocycles. The minimum atomic E-state index is -0.411. The van der Waals surface area contributed by atoms with Gasteiger partial charge in [0.15, 0.2) is 17.3 Å². The molecule has 1 aromatic heterocycles. The first-order valence-electron chi connectivity index (χ1n) is 11.6. The smallest absolute Gasteiger partial charge is 0.337 e. The minimum absolute atomic E-state index is 0.00366. The molecule has 0 bridgehead atoms. The van der Waals surface area contributed by atoms with Crippen LogP contribution in [0.2, 0.25) is 0 Å². The van der Waals surface area contributed by atoms with Crippen molar-refractivity contribution in [2.24, 2.45) is 0 Å². The number of benzene rings is 1. The largest absolute Gasteiger partial charge is 0.493 e. The topological polar surface area (TPSA) is 73.9 Å². The second kappa shape index (κ2) is 10.1. The van der Waals surface area contributed by atoms with Crippen LogP contribution in [-0.2, 0) is 14.3 Å². The quantitative estimate of drug-likeness (QED) is 0.529. The number of thiophene rings is 1. The Kier molecular flexibility index (Phi) is 7.12. The van der Waals surface area contributed by atoms with Crippen molar-refractivity contribution in [1.82, 2.24) is 5.32 Å². The van der Waals surface area contributed by atoms with E-state index in [1.807, 2.05) is 56.5 Å². The van der Waals surface area contributed by atoms with Crippen LogP contribution in [0.1, 0.15) is 62.3 Å². The molecule has 1 aliphatic heterocycles.